The molecule has 1 amide bonds. The summed E-state index contributed by atoms with van der Waals surface area (Å²) in [7, 11) is 0. The molecule has 1 aliphatic heterocycles. The van der Waals surface area contributed by atoms with E-state index in [9.17, 15) is 9.59 Å². The third-order valence-corrected chi connectivity index (χ3v) is 3.17. The summed E-state index contributed by atoms with van der Waals surface area (Å²) in [5.41, 5.74) is -0.0568. The molecule has 0 radical (unpaired) electrons. The van der Waals surface area contributed by atoms with Crippen LogP contribution in [-0.4, -0.2) is 35.0 Å². The average molecular weight is 279 g/mol. The number of carbonyl (C=O) groups is 2. The maximum absolute atomic E-state index is 12.4. The van der Waals surface area contributed by atoms with E-state index in [0.29, 0.717) is 24.3 Å². The molecule has 2 heterocycles. The van der Waals surface area contributed by atoms with Crippen molar-refractivity contribution in [3.63, 3.8) is 0 Å². The zero-order valence-electron chi connectivity index (χ0n) is 12.4. The topological polar surface area (TPSA) is 59.8 Å². The first-order valence-corrected chi connectivity index (χ1v) is 6.87. The first-order valence-electron chi connectivity index (χ1n) is 6.87. The van der Waals surface area contributed by atoms with Gasteiger partial charge in [0.1, 0.15) is 23.7 Å². The summed E-state index contributed by atoms with van der Waals surface area (Å²) in [4.78, 5) is 26.2. The van der Waals surface area contributed by atoms with Gasteiger partial charge < -0.3 is 14.1 Å². The van der Waals surface area contributed by atoms with E-state index in [0.717, 1.165) is 6.42 Å². The Morgan fingerprint density at radius 3 is 2.65 bits per heavy atom. The van der Waals surface area contributed by atoms with Gasteiger partial charge in [0.2, 0.25) is 0 Å². The second kappa shape index (κ2) is 5.31. The van der Waals surface area contributed by atoms with Crippen LogP contribution in [0.3, 0.4) is 0 Å². The third kappa shape index (κ3) is 3.21. The quantitative estimate of drug-likeness (QED) is 0.781. The molecule has 0 unspecified atom stereocenters. The highest BCUT2D eigenvalue weighted by Gasteiger charge is 2.37. The largest absolute Gasteiger partial charge is 0.469 e. The van der Waals surface area contributed by atoms with Crippen LogP contribution in [0.4, 0.5) is 0 Å². The van der Waals surface area contributed by atoms with Crippen LogP contribution in [0, 0.1) is 6.92 Å². The number of likely N-dealkylation sites (tertiary alicyclic amines) is 1. The van der Waals surface area contributed by atoms with Crippen molar-refractivity contribution < 1.29 is 18.7 Å². The molecule has 1 aromatic rings. The first-order chi connectivity index (χ1) is 9.28. The number of carbonyl (C=O) groups excluding carboxylic acids is 2. The molecule has 1 atom stereocenters. The van der Waals surface area contributed by atoms with E-state index in [-0.39, 0.29) is 11.9 Å². The van der Waals surface area contributed by atoms with Gasteiger partial charge in [0.15, 0.2) is 0 Å². The second-order valence-corrected chi connectivity index (χ2v) is 6.14. The molecule has 0 N–H and O–H groups in total. The van der Waals surface area contributed by atoms with Crippen molar-refractivity contribution in [1.29, 1.82) is 0 Å². The van der Waals surface area contributed by atoms with Gasteiger partial charge in [0.05, 0.1) is 5.56 Å². The number of amides is 1. The van der Waals surface area contributed by atoms with Gasteiger partial charge in [-0.15, -0.1) is 0 Å². The molecule has 1 fully saturated rings. The molecular formula is C15H21NO4. The monoisotopic (exact) mass is 279 g/mol. The lowest BCUT2D eigenvalue weighted by molar-refractivity contribution is -0.159. The molecule has 5 nitrogen and oxygen atoms in total. The minimum atomic E-state index is -0.541. The van der Waals surface area contributed by atoms with Crippen molar-refractivity contribution in [2.75, 3.05) is 6.54 Å². The predicted molar refractivity (Wildman–Crippen MR) is 73.3 cm³/mol. The Bertz CT molecular complexity index is 512. The highest BCUT2D eigenvalue weighted by atomic mass is 16.6. The lowest BCUT2D eigenvalue weighted by atomic mass is 10.1. The number of aryl methyl sites for hydroxylation is 1. The molecule has 110 valence electrons. The van der Waals surface area contributed by atoms with Crippen LogP contribution < -0.4 is 0 Å². The molecule has 1 aliphatic rings. The van der Waals surface area contributed by atoms with Gasteiger partial charge in [-0.25, -0.2) is 4.79 Å². The van der Waals surface area contributed by atoms with Crippen molar-refractivity contribution in [2.45, 2.75) is 52.2 Å². The number of rotatable bonds is 2. The van der Waals surface area contributed by atoms with Crippen LogP contribution in [0.15, 0.2) is 16.7 Å². The Hall–Kier alpha value is -1.78. The molecule has 1 aromatic heterocycles. The maximum atomic E-state index is 12.4. The minimum absolute atomic E-state index is 0.171. The lowest BCUT2D eigenvalue weighted by Gasteiger charge is -2.27. The highest BCUT2D eigenvalue weighted by Crippen LogP contribution is 2.23. The summed E-state index contributed by atoms with van der Waals surface area (Å²) in [6.45, 7) is 7.83. The third-order valence-electron chi connectivity index (χ3n) is 3.17. The Labute approximate surface area is 118 Å². The highest BCUT2D eigenvalue weighted by molar-refractivity contribution is 5.97. The van der Waals surface area contributed by atoms with E-state index < -0.39 is 11.6 Å². The van der Waals surface area contributed by atoms with E-state index in [2.05, 4.69) is 0 Å². The maximum Gasteiger partial charge on any atom is 0.329 e. The Kier molecular flexibility index (Phi) is 3.88. The van der Waals surface area contributed by atoms with Crippen LogP contribution >= 0.6 is 0 Å². The summed E-state index contributed by atoms with van der Waals surface area (Å²) >= 11 is 0. The van der Waals surface area contributed by atoms with Gasteiger partial charge >= 0.3 is 5.97 Å². The van der Waals surface area contributed by atoms with E-state index >= 15 is 0 Å². The molecule has 0 aliphatic carbocycles. The molecule has 5 heteroatoms. The molecule has 1 saturated heterocycles. The summed E-state index contributed by atoms with van der Waals surface area (Å²) in [6, 6.07) is 1.20. The molecule has 0 spiro atoms. The van der Waals surface area contributed by atoms with Gasteiger partial charge in [0, 0.05) is 6.54 Å². The zero-order valence-corrected chi connectivity index (χ0v) is 12.4. The number of ether oxygens (including phenoxy) is 1. The average Bonchev–Trinajstić information content (AvgIpc) is 2.93. The first kappa shape index (κ1) is 14.6. The SMILES string of the molecule is Cc1cc(C(=O)N2CCC[C@@H]2C(=O)OC(C)(C)C)co1. The van der Waals surface area contributed by atoms with Crippen LogP contribution in [-0.2, 0) is 9.53 Å². The number of nitrogens with zero attached hydrogens (tertiary/aromatic N) is 1. The Balaban J connectivity index is 2.11. The fraction of sp³-hybridized carbons (Fsp3) is 0.600. The van der Waals surface area contributed by atoms with Crippen molar-refractivity contribution in [1.82, 2.24) is 4.90 Å². The predicted octanol–water partition coefficient (Wildman–Crippen LogP) is 2.53. The normalized spacial score (nSPS) is 19.2. The fourth-order valence-electron chi connectivity index (χ4n) is 2.35. The minimum Gasteiger partial charge on any atom is -0.469 e. The number of hydrogen-bond donors (Lipinski definition) is 0. The van der Waals surface area contributed by atoms with Crippen LogP contribution in [0.25, 0.3) is 0 Å². The van der Waals surface area contributed by atoms with Gasteiger partial charge in [-0.3, -0.25) is 4.79 Å². The lowest BCUT2D eigenvalue weighted by Crippen LogP contribution is -2.43. The second-order valence-electron chi connectivity index (χ2n) is 6.14. The van der Waals surface area contributed by atoms with E-state index in [1.54, 1.807) is 17.9 Å². The van der Waals surface area contributed by atoms with Crippen LogP contribution in [0.1, 0.15) is 49.7 Å². The van der Waals surface area contributed by atoms with Crippen LogP contribution in [0.5, 0.6) is 0 Å². The molecule has 0 bridgehead atoms. The Morgan fingerprint density at radius 2 is 2.10 bits per heavy atom. The zero-order chi connectivity index (χ0) is 14.9. The van der Waals surface area contributed by atoms with Crippen molar-refractivity contribution in [3.05, 3.63) is 23.7 Å². The van der Waals surface area contributed by atoms with Crippen molar-refractivity contribution >= 4 is 11.9 Å². The summed E-state index contributed by atoms with van der Waals surface area (Å²) in [5.74, 6) is 0.181. The number of esters is 1. The smallest absolute Gasteiger partial charge is 0.329 e. The van der Waals surface area contributed by atoms with E-state index in [1.807, 2.05) is 20.8 Å². The Morgan fingerprint density at radius 1 is 1.40 bits per heavy atom. The standard InChI is InChI=1S/C15H21NO4/c1-10-8-11(9-19-10)13(17)16-7-5-6-12(16)14(18)20-15(2,3)4/h8-9,12H,5-7H2,1-4H3/t12-/m1/s1. The van der Waals surface area contributed by atoms with Gasteiger partial charge in [0.25, 0.3) is 5.91 Å². The van der Waals surface area contributed by atoms with E-state index in [4.69, 9.17) is 9.15 Å². The van der Waals surface area contributed by atoms with Gasteiger partial charge in [-0.1, -0.05) is 0 Å². The molecular weight excluding hydrogens is 258 g/mol. The summed E-state index contributed by atoms with van der Waals surface area (Å²) in [5, 5.41) is 0. The van der Waals surface area contributed by atoms with E-state index in [1.165, 1.54) is 6.26 Å². The van der Waals surface area contributed by atoms with Crippen LogP contribution in [0.2, 0.25) is 0 Å². The van der Waals surface area contributed by atoms with Crippen molar-refractivity contribution in [2.24, 2.45) is 0 Å². The summed E-state index contributed by atoms with van der Waals surface area (Å²) < 4.78 is 10.5. The summed E-state index contributed by atoms with van der Waals surface area (Å²) in [6.07, 6.45) is 2.89. The molecule has 0 aromatic carbocycles. The number of furan rings is 1. The molecule has 20 heavy (non-hydrogen) atoms. The number of hydrogen-bond acceptors (Lipinski definition) is 4. The molecule has 0 saturated carbocycles. The molecule has 2 rings (SSSR count). The fourth-order valence-corrected chi connectivity index (χ4v) is 2.35. The van der Waals surface area contributed by atoms with Gasteiger partial charge in [-0.05, 0) is 46.6 Å². The van der Waals surface area contributed by atoms with Crippen molar-refractivity contribution in [3.8, 4) is 0 Å². The van der Waals surface area contributed by atoms with Gasteiger partial charge in [-0.2, -0.15) is 0 Å².